The van der Waals surface area contributed by atoms with Crippen molar-refractivity contribution >= 4 is 51.8 Å². The summed E-state index contributed by atoms with van der Waals surface area (Å²) in [5.74, 6) is 1.21. The molecule has 237 valence electrons. The van der Waals surface area contributed by atoms with Crippen LogP contribution in [0.2, 0.25) is 0 Å². The topological polar surface area (TPSA) is 50.2 Å². The van der Waals surface area contributed by atoms with Crippen molar-refractivity contribution in [1.82, 2.24) is 4.98 Å². The molecular formula is C37H50IrNO2SSe-. The van der Waals surface area contributed by atoms with Gasteiger partial charge in [-0.25, -0.2) is 0 Å². The van der Waals surface area contributed by atoms with Gasteiger partial charge in [-0.15, -0.1) is 0 Å². The predicted octanol–water partition coefficient (Wildman–Crippen LogP) is 10.6. The van der Waals surface area contributed by atoms with Gasteiger partial charge >= 0.3 is 173 Å². The maximum atomic E-state index is 11.7. The molecule has 0 unspecified atom stereocenters. The van der Waals surface area contributed by atoms with Crippen molar-refractivity contribution in [3.8, 4) is 10.1 Å². The molecule has 0 bridgehead atoms. The Balaban J connectivity index is 0.000000348. The summed E-state index contributed by atoms with van der Waals surface area (Å²) in [5, 5.41) is 12.5. The maximum absolute atomic E-state index is 11.7. The van der Waals surface area contributed by atoms with Gasteiger partial charge in [-0.05, 0) is 25.7 Å². The molecule has 1 N–H and O–H groups in total. The first-order valence-corrected chi connectivity index (χ1v) is 18.2. The van der Waals surface area contributed by atoms with E-state index in [-0.39, 0.29) is 48.9 Å². The Hall–Kier alpha value is -1.55. The summed E-state index contributed by atoms with van der Waals surface area (Å²) in [6, 6.07) is 12.6. The fourth-order valence-electron chi connectivity index (χ4n) is 5.58. The molecule has 0 aliphatic heterocycles. The molecule has 0 fully saturated rings. The van der Waals surface area contributed by atoms with Crippen LogP contribution in [0.5, 0.6) is 0 Å². The minimum absolute atomic E-state index is 0. The molecule has 0 amide bonds. The van der Waals surface area contributed by atoms with Gasteiger partial charge < -0.3 is 5.11 Å². The summed E-state index contributed by atoms with van der Waals surface area (Å²) >= 11 is 2.23. The minimum atomic E-state index is 0. The van der Waals surface area contributed by atoms with Crippen LogP contribution in [0.4, 0.5) is 0 Å². The SMILES string of the molecule is CCC(CC)C(=O)/C=C(\O)C(CC)CC.Cc1[c-]c(-c2nccc3c2sc2c(CC(C)C)cccc23)[se]c1C(C)(C)C.[Ir]. The van der Waals surface area contributed by atoms with E-state index in [1.165, 1.54) is 41.8 Å². The second-order valence-corrected chi connectivity index (χ2v) is 16.0. The van der Waals surface area contributed by atoms with E-state index >= 15 is 0 Å². The Morgan fingerprint density at radius 2 is 1.60 bits per heavy atom. The van der Waals surface area contributed by atoms with Crippen molar-refractivity contribution in [3.63, 3.8) is 0 Å². The van der Waals surface area contributed by atoms with Crippen LogP contribution in [-0.2, 0) is 36.7 Å². The van der Waals surface area contributed by atoms with Gasteiger partial charge in [-0.3, -0.25) is 4.79 Å². The second-order valence-electron chi connectivity index (χ2n) is 12.8. The maximum Gasteiger partial charge on any atom is 0 e. The fraction of sp³-hybridized carbons (Fsp3) is 0.514. The third-order valence-corrected chi connectivity index (χ3v) is 12.7. The third-order valence-electron chi connectivity index (χ3n) is 7.95. The molecule has 4 aromatic rings. The molecule has 0 saturated heterocycles. The number of pyridine rings is 1. The van der Waals surface area contributed by atoms with Crippen molar-refractivity contribution in [2.45, 2.75) is 107 Å². The number of carbonyl (C=O) groups excluding carboxylic acids is 1. The van der Waals surface area contributed by atoms with Gasteiger partial charge in [-0.1, -0.05) is 27.7 Å². The van der Waals surface area contributed by atoms with Crippen molar-refractivity contribution < 1.29 is 30.0 Å². The van der Waals surface area contributed by atoms with Crippen LogP contribution >= 0.6 is 11.3 Å². The van der Waals surface area contributed by atoms with Crippen molar-refractivity contribution in [1.29, 1.82) is 0 Å². The molecule has 6 heteroatoms. The van der Waals surface area contributed by atoms with Gasteiger partial charge in [0.05, 0.1) is 5.76 Å². The van der Waals surface area contributed by atoms with Crippen molar-refractivity contribution in [3.05, 3.63) is 63.9 Å². The first kappa shape index (κ1) is 37.6. The van der Waals surface area contributed by atoms with E-state index in [1.807, 2.05) is 45.2 Å². The molecule has 0 aliphatic carbocycles. The molecule has 0 aliphatic rings. The minimum Gasteiger partial charge on any atom is 0 e. The fourth-order valence-corrected chi connectivity index (χ4v) is 9.49. The van der Waals surface area contributed by atoms with Gasteiger partial charge in [0.25, 0.3) is 0 Å². The van der Waals surface area contributed by atoms with Gasteiger partial charge in [0, 0.05) is 38.0 Å². The zero-order valence-corrected chi connectivity index (χ0v) is 32.6. The molecule has 3 nitrogen and oxygen atoms in total. The standard InChI is InChI=1S/C24H26NSSe.C13H24O2.Ir/c1-14(2)12-16-8-7-9-17-18-10-11-25-20(22(18)26-21(16)17)19-13-15(3)23(27-19)24(4,5)6;1-5-10(6-2)12(14)9-13(15)11(7-3)8-4;/h7-11,14H,12H2,1-6H3;9-11,14H,5-8H2,1-4H3;/q-1;;/b;12-9-;. The van der Waals surface area contributed by atoms with E-state index in [9.17, 15) is 9.90 Å². The Labute approximate surface area is 283 Å². The average Bonchev–Trinajstić information content (AvgIpc) is 3.51. The van der Waals surface area contributed by atoms with E-state index in [0.717, 1.165) is 37.8 Å². The van der Waals surface area contributed by atoms with Crippen LogP contribution in [-0.4, -0.2) is 30.4 Å². The number of hydrogen-bond acceptors (Lipinski definition) is 4. The monoisotopic (exact) mass is 845 g/mol. The molecule has 0 atom stereocenters. The summed E-state index contributed by atoms with van der Waals surface area (Å²) < 4.78 is 5.62. The van der Waals surface area contributed by atoms with Crippen LogP contribution < -0.4 is 0 Å². The summed E-state index contributed by atoms with van der Waals surface area (Å²) in [4.78, 5) is 16.5. The average molecular weight is 844 g/mol. The first-order valence-electron chi connectivity index (χ1n) is 15.6. The summed E-state index contributed by atoms with van der Waals surface area (Å²) in [6.45, 7) is 21.8. The number of aliphatic hydroxyl groups is 1. The van der Waals surface area contributed by atoms with E-state index in [0.29, 0.717) is 20.4 Å². The van der Waals surface area contributed by atoms with Crippen LogP contribution in [0, 0.1) is 30.7 Å². The summed E-state index contributed by atoms with van der Waals surface area (Å²) in [5.41, 5.74) is 4.15. The Morgan fingerprint density at radius 3 is 2.14 bits per heavy atom. The third kappa shape index (κ3) is 9.24. The number of aryl methyl sites for hydroxylation is 1. The Morgan fingerprint density at radius 1 is 1.00 bits per heavy atom. The molecule has 1 radical (unpaired) electrons. The largest absolute Gasteiger partial charge is 0 e. The molecule has 4 rings (SSSR count). The van der Waals surface area contributed by atoms with Crippen LogP contribution in [0.15, 0.2) is 42.3 Å². The number of fused-ring (bicyclic) bond motifs is 3. The van der Waals surface area contributed by atoms with Gasteiger partial charge in [0.2, 0.25) is 0 Å². The number of carbonyl (C=O) groups is 1. The van der Waals surface area contributed by atoms with E-state index in [2.05, 4.69) is 71.9 Å². The van der Waals surface area contributed by atoms with Gasteiger partial charge in [0.1, 0.15) is 0 Å². The number of benzene rings is 1. The molecule has 3 heterocycles. The van der Waals surface area contributed by atoms with Gasteiger partial charge in [0.15, 0.2) is 5.78 Å². The Kier molecular flexibility index (Phi) is 14.6. The number of rotatable bonds is 10. The molecule has 43 heavy (non-hydrogen) atoms. The van der Waals surface area contributed by atoms with Crippen LogP contribution in [0.1, 0.15) is 104 Å². The zero-order chi connectivity index (χ0) is 31.2. The summed E-state index contributed by atoms with van der Waals surface area (Å²) in [7, 11) is 0. The number of hydrogen-bond donors (Lipinski definition) is 1. The molecule has 0 saturated carbocycles. The zero-order valence-electron chi connectivity index (χ0n) is 27.7. The van der Waals surface area contributed by atoms with E-state index in [1.54, 1.807) is 4.44 Å². The molecule has 0 spiro atoms. The normalized spacial score (nSPS) is 12.3. The first-order chi connectivity index (χ1) is 19.9. The van der Waals surface area contributed by atoms with Crippen LogP contribution in [0.3, 0.4) is 0 Å². The number of thiophene rings is 1. The number of aliphatic hydroxyl groups excluding tert-OH is 1. The van der Waals surface area contributed by atoms with E-state index in [4.69, 9.17) is 4.98 Å². The second kappa shape index (κ2) is 16.7. The molecule has 3 aromatic heterocycles. The van der Waals surface area contributed by atoms with Gasteiger partial charge in [-0.2, -0.15) is 0 Å². The van der Waals surface area contributed by atoms with Crippen LogP contribution in [0.25, 0.3) is 30.3 Å². The Bertz CT molecular complexity index is 1520. The number of allylic oxidation sites excluding steroid dienone is 2. The van der Waals surface area contributed by atoms with E-state index < -0.39 is 0 Å². The smallest absolute Gasteiger partial charge is 0 e. The molecule has 1 aromatic carbocycles. The summed E-state index contributed by atoms with van der Waals surface area (Å²) in [6.07, 6.45) is 8.01. The molecular weight excluding hydrogens is 794 g/mol. The van der Waals surface area contributed by atoms with Crippen molar-refractivity contribution in [2.24, 2.45) is 17.8 Å². The number of ketones is 1. The predicted molar refractivity (Wildman–Crippen MR) is 184 cm³/mol. The quantitative estimate of drug-likeness (QED) is 0.0749. The number of nitrogens with zero attached hydrogens (tertiary/aromatic N) is 1. The van der Waals surface area contributed by atoms with Crippen molar-refractivity contribution in [2.75, 3.05) is 0 Å². The number of aromatic nitrogens is 1.